The van der Waals surface area contributed by atoms with Crippen molar-refractivity contribution in [3.8, 4) is 11.5 Å². The van der Waals surface area contributed by atoms with Gasteiger partial charge in [0.2, 0.25) is 5.91 Å². The van der Waals surface area contributed by atoms with Gasteiger partial charge in [-0.05, 0) is 49.8 Å². The number of benzene rings is 1. The zero-order valence-electron chi connectivity index (χ0n) is 16.4. The fraction of sp³-hybridized carbons (Fsp3) is 0.381. The van der Waals surface area contributed by atoms with Gasteiger partial charge in [0.05, 0.1) is 0 Å². The molecule has 2 N–H and O–H groups in total. The summed E-state index contributed by atoms with van der Waals surface area (Å²) in [6, 6.07) is 5.49. The molecule has 2 unspecified atom stereocenters. The van der Waals surface area contributed by atoms with Crippen LogP contribution in [-0.4, -0.2) is 42.0 Å². The lowest BCUT2D eigenvalue weighted by Crippen LogP contribution is -2.49. The van der Waals surface area contributed by atoms with Crippen LogP contribution in [0.15, 0.2) is 29.6 Å². The van der Waals surface area contributed by atoms with Gasteiger partial charge in [0.25, 0.3) is 5.91 Å². The van der Waals surface area contributed by atoms with Crippen molar-refractivity contribution in [1.82, 2.24) is 10.2 Å². The molecule has 1 aromatic heterocycles. The Balaban J connectivity index is 1.36. The zero-order chi connectivity index (χ0) is 20.9. The molecule has 1 fully saturated rings. The van der Waals surface area contributed by atoms with Crippen molar-refractivity contribution in [1.29, 1.82) is 0 Å². The van der Waals surface area contributed by atoms with E-state index in [4.69, 9.17) is 9.47 Å². The van der Waals surface area contributed by atoms with E-state index in [1.54, 1.807) is 36.5 Å². The van der Waals surface area contributed by atoms with Gasteiger partial charge in [-0.3, -0.25) is 9.59 Å². The number of hydrogen-bond acceptors (Lipinski definition) is 6. The highest BCUT2D eigenvalue weighted by atomic mass is 32.1. The number of ether oxygens (including phenoxy) is 2. The number of aryl methyl sites for hydroxylation is 1. The van der Waals surface area contributed by atoms with E-state index in [0.29, 0.717) is 36.8 Å². The van der Waals surface area contributed by atoms with Crippen LogP contribution >= 0.6 is 11.3 Å². The van der Waals surface area contributed by atoms with Crippen LogP contribution in [0.25, 0.3) is 0 Å². The average molecular weight is 427 g/mol. The molecule has 1 aliphatic carbocycles. The largest absolute Gasteiger partial charge is 0.486 e. The van der Waals surface area contributed by atoms with Gasteiger partial charge in [0.1, 0.15) is 24.8 Å². The quantitative estimate of drug-likeness (QED) is 0.734. The molecule has 2 atom stereocenters. The predicted octanol–water partition coefficient (Wildman–Crippen LogP) is 2.63. The summed E-state index contributed by atoms with van der Waals surface area (Å²) in [6.07, 6.45) is 2.25. The molecule has 1 saturated heterocycles. The van der Waals surface area contributed by atoms with Crippen LogP contribution in [0.3, 0.4) is 0 Å². The fourth-order valence-electron chi connectivity index (χ4n) is 4.35. The van der Waals surface area contributed by atoms with Gasteiger partial charge < -0.3 is 20.1 Å². The van der Waals surface area contributed by atoms with Crippen molar-refractivity contribution in [3.05, 3.63) is 40.1 Å². The minimum absolute atomic E-state index is 0.364. The number of rotatable bonds is 3. The monoisotopic (exact) mass is 427 g/mol. The number of anilines is 1. The summed E-state index contributed by atoms with van der Waals surface area (Å²) in [7, 11) is 0. The number of carbonyl (C=O) groups excluding carboxylic acids is 3. The number of thiophene rings is 1. The summed E-state index contributed by atoms with van der Waals surface area (Å²) < 4.78 is 11.0. The number of hydrogen-bond donors (Lipinski definition) is 2. The molecule has 4 amide bonds. The van der Waals surface area contributed by atoms with Crippen LogP contribution in [-0.2, 0) is 21.5 Å². The van der Waals surface area contributed by atoms with Crippen LogP contribution in [0.5, 0.6) is 11.5 Å². The Labute approximate surface area is 177 Å². The van der Waals surface area contributed by atoms with Crippen molar-refractivity contribution in [2.75, 3.05) is 18.5 Å². The SMILES string of the molecule is CC(C(=O)Nc1ccc2c(c1)OCCO2)N1C(=O)NC2(CCCc3sccc32)C1=O. The first-order valence-electron chi connectivity index (χ1n) is 9.93. The van der Waals surface area contributed by atoms with E-state index in [0.717, 1.165) is 28.2 Å². The minimum atomic E-state index is -1.06. The minimum Gasteiger partial charge on any atom is -0.486 e. The molecule has 156 valence electrons. The highest BCUT2D eigenvalue weighted by Crippen LogP contribution is 2.42. The molecule has 2 aliphatic heterocycles. The van der Waals surface area contributed by atoms with Crippen molar-refractivity contribution >= 4 is 34.9 Å². The van der Waals surface area contributed by atoms with Crippen LogP contribution in [0.4, 0.5) is 10.5 Å². The van der Waals surface area contributed by atoms with Crippen molar-refractivity contribution in [3.63, 3.8) is 0 Å². The molecular weight excluding hydrogens is 406 g/mol. The van der Waals surface area contributed by atoms with E-state index >= 15 is 0 Å². The van der Waals surface area contributed by atoms with E-state index in [2.05, 4.69) is 10.6 Å². The maximum absolute atomic E-state index is 13.4. The first-order valence-corrected chi connectivity index (χ1v) is 10.8. The predicted molar refractivity (Wildman–Crippen MR) is 110 cm³/mol. The fourth-order valence-corrected chi connectivity index (χ4v) is 5.35. The lowest BCUT2D eigenvalue weighted by molar-refractivity contribution is -0.137. The molecule has 0 bridgehead atoms. The summed E-state index contributed by atoms with van der Waals surface area (Å²) in [6.45, 7) is 2.48. The third-order valence-electron chi connectivity index (χ3n) is 5.86. The molecule has 3 heterocycles. The van der Waals surface area contributed by atoms with E-state index in [9.17, 15) is 14.4 Å². The lowest BCUT2D eigenvalue weighted by Gasteiger charge is -2.31. The van der Waals surface area contributed by atoms with Crippen molar-refractivity contribution in [2.24, 2.45) is 0 Å². The molecule has 1 spiro atoms. The first kappa shape index (κ1) is 18.9. The lowest BCUT2D eigenvalue weighted by atomic mass is 9.80. The van der Waals surface area contributed by atoms with Gasteiger partial charge in [-0.15, -0.1) is 11.3 Å². The number of carbonyl (C=O) groups is 3. The van der Waals surface area contributed by atoms with E-state index in [1.165, 1.54) is 0 Å². The summed E-state index contributed by atoms with van der Waals surface area (Å²) >= 11 is 1.59. The average Bonchev–Trinajstić information content (AvgIpc) is 3.32. The summed E-state index contributed by atoms with van der Waals surface area (Å²) in [5.41, 5.74) is 0.311. The van der Waals surface area contributed by atoms with Crippen molar-refractivity contribution < 1.29 is 23.9 Å². The van der Waals surface area contributed by atoms with Gasteiger partial charge >= 0.3 is 6.03 Å². The summed E-state index contributed by atoms with van der Waals surface area (Å²) in [5.74, 6) is 0.352. The van der Waals surface area contributed by atoms with Crippen LogP contribution in [0, 0.1) is 0 Å². The molecule has 5 rings (SSSR count). The standard InChI is InChI=1S/C21H21N3O5S/c1-12(18(25)22-13-4-5-15-16(11-13)29-9-8-28-15)24-19(26)21(23-20(24)27)7-2-3-17-14(21)6-10-30-17/h4-6,10-12H,2-3,7-9H2,1H3,(H,22,25)(H,23,27). The topological polar surface area (TPSA) is 97.0 Å². The van der Waals surface area contributed by atoms with Crippen LogP contribution in [0.2, 0.25) is 0 Å². The van der Waals surface area contributed by atoms with E-state index in [-0.39, 0.29) is 5.91 Å². The Bertz CT molecular complexity index is 1050. The van der Waals surface area contributed by atoms with E-state index in [1.807, 2.05) is 11.4 Å². The Morgan fingerprint density at radius 1 is 1.23 bits per heavy atom. The maximum Gasteiger partial charge on any atom is 0.326 e. The van der Waals surface area contributed by atoms with Crippen molar-refractivity contribution in [2.45, 2.75) is 37.8 Å². The Kier molecular flexibility index (Phi) is 4.43. The van der Waals surface area contributed by atoms with Crippen LogP contribution < -0.4 is 20.1 Å². The normalized spacial score (nSPS) is 23.2. The number of imide groups is 1. The molecular formula is C21H21N3O5S. The van der Waals surface area contributed by atoms with E-state index < -0.39 is 23.5 Å². The maximum atomic E-state index is 13.4. The number of urea groups is 1. The third-order valence-corrected chi connectivity index (χ3v) is 6.84. The molecule has 8 nitrogen and oxygen atoms in total. The molecule has 0 saturated carbocycles. The molecule has 2 aromatic rings. The molecule has 9 heteroatoms. The van der Waals surface area contributed by atoms with Gasteiger partial charge in [0, 0.05) is 22.2 Å². The second-order valence-electron chi connectivity index (χ2n) is 7.65. The Morgan fingerprint density at radius 3 is 2.87 bits per heavy atom. The molecule has 0 radical (unpaired) electrons. The zero-order valence-corrected chi connectivity index (χ0v) is 17.2. The summed E-state index contributed by atoms with van der Waals surface area (Å²) in [5, 5.41) is 7.59. The number of nitrogens with zero attached hydrogens (tertiary/aromatic N) is 1. The van der Waals surface area contributed by atoms with Gasteiger partial charge in [0.15, 0.2) is 11.5 Å². The van der Waals surface area contributed by atoms with Gasteiger partial charge in [-0.2, -0.15) is 0 Å². The van der Waals surface area contributed by atoms with Gasteiger partial charge in [-0.1, -0.05) is 0 Å². The third kappa shape index (κ3) is 2.84. The smallest absolute Gasteiger partial charge is 0.326 e. The highest BCUT2D eigenvalue weighted by molar-refractivity contribution is 7.10. The highest BCUT2D eigenvalue weighted by Gasteiger charge is 2.56. The number of nitrogens with one attached hydrogen (secondary N) is 2. The molecule has 3 aliphatic rings. The van der Waals surface area contributed by atoms with Crippen LogP contribution in [0.1, 0.15) is 30.2 Å². The second-order valence-corrected chi connectivity index (χ2v) is 8.65. The van der Waals surface area contributed by atoms with Gasteiger partial charge in [-0.25, -0.2) is 9.69 Å². The Hall–Kier alpha value is -3.07. The number of amides is 4. The summed E-state index contributed by atoms with van der Waals surface area (Å²) in [4.78, 5) is 41.2. The number of fused-ring (bicyclic) bond motifs is 3. The Morgan fingerprint density at radius 2 is 2.03 bits per heavy atom. The molecule has 30 heavy (non-hydrogen) atoms. The second kappa shape index (κ2) is 7.02. The molecule has 1 aromatic carbocycles. The first-order chi connectivity index (χ1) is 14.5.